The second kappa shape index (κ2) is 11.4. The predicted molar refractivity (Wildman–Crippen MR) is 126 cm³/mol. The molecule has 1 aliphatic carbocycles. The molecule has 2 aliphatic rings. The number of carbonyl (C=O) groups is 1. The number of halogens is 2. The molecule has 1 aromatic rings. The quantitative estimate of drug-likeness (QED) is 0.533. The van der Waals surface area contributed by atoms with Crippen molar-refractivity contribution >= 4 is 50.9 Å². The molecule has 9 heteroatoms. The summed E-state index contributed by atoms with van der Waals surface area (Å²) < 4.78 is 27.0. The predicted octanol–water partition coefficient (Wildman–Crippen LogP) is 4.72. The molecule has 168 valence electrons. The van der Waals surface area contributed by atoms with Gasteiger partial charge in [-0.05, 0) is 43.4 Å². The molecule has 0 unspecified atom stereocenters. The van der Waals surface area contributed by atoms with Gasteiger partial charge in [0.25, 0.3) is 0 Å². The van der Waals surface area contributed by atoms with E-state index in [4.69, 9.17) is 23.2 Å². The summed E-state index contributed by atoms with van der Waals surface area (Å²) in [6.45, 7) is 1.42. The van der Waals surface area contributed by atoms with Crippen LogP contribution in [0.4, 0.5) is 0 Å². The van der Waals surface area contributed by atoms with E-state index in [1.54, 1.807) is 18.2 Å². The van der Waals surface area contributed by atoms with E-state index in [9.17, 15) is 13.2 Å². The van der Waals surface area contributed by atoms with Crippen molar-refractivity contribution in [3.05, 3.63) is 33.8 Å². The lowest BCUT2D eigenvalue weighted by molar-refractivity contribution is -0.125. The third-order valence-electron chi connectivity index (χ3n) is 5.88. The maximum atomic E-state index is 12.8. The van der Waals surface area contributed by atoms with Crippen molar-refractivity contribution in [1.82, 2.24) is 9.62 Å². The van der Waals surface area contributed by atoms with E-state index < -0.39 is 10.0 Å². The number of rotatable bonds is 8. The van der Waals surface area contributed by atoms with Gasteiger partial charge < -0.3 is 5.32 Å². The molecule has 3 rings (SSSR count). The van der Waals surface area contributed by atoms with Gasteiger partial charge in [0.15, 0.2) is 0 Å². The minimum atomic E-state index is -3.48. The van der Waals surface area contributed by atoms with Crippen LogP contribution in [0.15, 0.2) is 18.2 Å². The van der Waals surface area contributed by atoms with Crippen LogP contribution in [0.5, 0.6) is 0 Å². The Kier molecular flexibility index (Phi) is 9.20. The van der Waals surface area contributed by atoms with Crippen molar-refractivity contribution in [3.63, 3.8) is 0 Å². The van der Waals surface area contributed by atoms with Crippen molar-refractivity contribution in [2.75, 3.05) is 25.4 Å². The smallest absolute Gasteiger partial charge is 0.223 e. The maximum Gasteiger partial charge on any atom is 0.223 e. The van der Waals surface area contributed by atoms with Crippen LogP contribution < -0.4 is 5.32 Å². The minimum absolute atomic E-state index is 0.0528. The van der Waals surface area contributed by atoms with Gasteiger partial charge in [-0.1, -0.05) is 48.5 Å². The van der Waals surface area contributed by atoms with Crippen molar-refractivity contribution < 1.29 is 13.2 Å². The highest BCUT2D eigenvalue weighted by Crippen LogP contribution is 2.28. The zero-order valence-corrected chi connectivity index (χ0v) is 20.3. The molecule has 1 saturated carbocycles. The summed E-state index contributed by atoms with van der Waals surface area (Å²) in [6.07, 6.45) is 7.71. The summed E-state index contributed by atoms with van der Waals surface area (Å²) in [4.78, 5) is 12.5. The van der Waals surface area contributed by atoms with E-state index in [1.807, 2.05) is 11.8 Å². The fourth-order valence-corrected chi connectivity index (χ4v) is 7.47. The van der Waals surface area contributed by atoms with Crippen molar-refractivity contribution in [1.29, 1.82) is 0 Å². The van der Waals surface area contributed by atoms with Gasteiger partial charge in [0, 0.05) is 46.6 Å². The zero-order chi connectivity index (χ0) is 21.6. The molecule has 1 heterocycles. The highest BCUT2D eigenvalue weighted by atomic mass is 35.5. The molecule has 2 fully saturated rings. The average Bonchev–Trinajstić information content (AvgIpc) is 2.74. The highest BCUT2D eigenvalue weighted by Gasteiger charge is 2.31. The van der Waals surface area contributed by atoms with Crippen molar-refractivity contribution in [2.24, 2.45) is 5.92 Å². The lowest BCUT2D eigenvalue weighted by Gasteiger charge is -2.30. The van der Waals surface area contributed by atoms with Crippen LogP contribution in [0, 0.1) is 5.92 Å². The molecule has 1 amide bonds. The molecule has 0 spiro atoms. The molecule has 30 heavy (non-hydrogen) atoms. The van der Waals surface area contributed by atoms with Gasteiger partial charge in [-0.15, -0.1) is 0 Å². The number of hydrogen-bond donors (Lipinski definition) is 1. The molecule has 0 bridgehead atoms. The number of nitrogens with zero attached hydrogens (tertiary/aromatic N) is 1. The SMILES string of the molecule is O=C(NCCSC1CCCCC1)C1CCN(S(=O)(=O)Cc2ccc(Cl)cc2Cl)CC1. The van der Waals surface area contributed by atoms with E-state index in [0.717, 1.165) is 11.0 Å². The van der Waals surface area contributed by atoms with E-state index in [0.29, 0.717) is 48.1 Å². The molecule has 1 saturated heterocycles. The van der Waals surface area contributed by atoms with E-state index >= 15 is 0 Å². The number of benzene rings is 1. The highest BCUT2D eigenvalue weighted by molar-refractivity contribution is 7.99. The van der Waals surface area contributed by atoms with Gasteiger partial charge in [-0.25, -0.2) is 12.7 Å². The second-order valence-corrected chi connectivity index (χ2v) is 12.3. The number of nitrogens with one attached hydrogen (secondary N) is 1. The number of carbonyl (C=O) groups excluding carboxylic acids is 1. The topological polar surface area (TPSA) is 66.5 Å². The first-order valence-electron chi connectivity index (χ1n) is 10.7. The Morgan fingerprint density at radius 3 is 2.47 bits per heavy atom. The van der Waals surface area contributed by atoms with Gasteiger partial charge in [-0.3, -0.25) is 4.79 Å². The Bertz CT molecular complexity index is 822. The third-order valence-corrected chi connectivity index (χ3v) is 9.68. The summed E-state index contributed by atoms with van der Waals surface area (Å²) in [5.74, 6) is 0.733. The first kappa shape index (κ1) is 24.2. The molecular formula is C21H30Cl2N2O3S2. The Labute approximate surface area is 194 Å². The molecular weight excluding hydrogens is 463 g/mol. The van der Waals surface area contributed by atoms with Gasteiger partial charge in [0.05, 0.1) is 5.75 Å². The fourth-order valence-electron chi connectivity index (χ4n) is 4.10. The summed E-state index contributed by atoms with van der Waals surface area (Å²) >= 11 is 14.0. The molecule has 1 aromatic carbocycles. The van der Waals surface area contributed by atoms with Gasteiger partial charge in [-0.2, -0.15) is 11.8 Å². The monoisotopic (exact) mass is 492 g/mol. The van der Waals surface area contributed by atoms with Crippen LogP contribution in [-0.4, -0.2) is 49.3 Å². The average molecular weight is 494 g/mol. The number of amides is 1. The van der Waals surface area contributed by atoms with E-state index in [1.165, 1.54) is 36.4 Å². The minimum Gasteiger partial charge on any atom is -0.355 e. The number of piperidine rings is 1. The van der Waals surface area contributed by atoms with Gasteiger partial charge in [0.2, 0.25) is 15.9 Å². The van der Waals surface area contributed by atoms with E-state index in [-0.39, 0.29) is 17.6 Å². The number of hydrogen-bond acceptors (Lipinski definition) is 4. The van der Waals surface area contributed by atoms with Gasteiger partial charge in [0.1, 0.15) is 0 Å². The summed E-state index contributed by atoms with van der Waals surface area (Å²) in [6, 6.07) is 4.84. The standard InChI is InChI=1S/C21H30Cl2N2O3S2/c22-18-7-6-17(20(23)14-18)15-30(27,28)25-11-8-16(9-12-25)21(26)24-10-13-29-19-4-2-1-3-5-19/h6-7,14,16,19H,1-5,8-13,15H2,(H,24,26). The van der Waals surface area contributed by atoms with Crippen molar-refractivity contribution in [2.45, 2.75) is 55.9 Å². The largest absolute Gasteiger partial charge is 0.355 e. The summed E-state index contributed by atoms with van der Waals surface area (Å²) in [7, 11) is -3.48. The molecule has 1 aliphatic heterocycles. The molecule has 5 nitrogen and oxygen atoms in total. The van der Waals surface area contributed by atoms with Crippen molar-refractivity contribution in [3.8, 4) is 0 Å². The number of thioether (sulfide) groups is 1. The van der Waals surface area contributed by atoms with Crippen LogP contribution in [0.3, 0.4) is 0 Å². The Morgan fingerprint density at radius 1 is 1.10 bits per heavy atom. The van der Waals surface area contributed by atoms with Crippen LogP contribution in [0.2, 0.25) is 10.0 Å². The lowest BCUT2D eigenvalue weighted by Crippen LogP contribution is -2.43. The summed E-state index contributed by atoms with van der Waals surface area (Å²) in [5.41, 5.74) is 0.538. The molecule has 0 radical (unpaired) electrons. The number of sulfonamides is 1. The normalized spacial score (nSPS) is 19.7. The second-order valence-electron chi connectivity index (χ2n) is 8.09. The van der Waals surface area contributed by atoms with Crippen LogP contribution >= 0.6 is 35.0 Å². The summed E-state index contributed by atoms with van der Waals surface area (Å²) in [5, 5.41) is 4.62. The van der Waals surface area contributed by atoms with E-state index in [2.05, 4.69) is 5.32 Å². The third kappa shape index (κ3) is 7.02. The van der Waals surface area contributed by atoms with Crippen LogP contribution in [-0.2, 0) is 20.6 Å². The zero-order valence-electron chi connectivity index (χ0n) is 17.1. The van der Waals surface area contributed by atoms with Gasteiger partial charge >= 0.3 is 0 Å². The Balaban J connectivity index is 1.40. The molecule has 1 N–H and O–H groups in total. The fraction of sp³-hybridized carbons (Fsp3) is 0.667. The lowest BCUT2D eigenvalue weighted by atomic mass is 9.97. The molecule has 0 atom stereocenters. The molecule has 0 aromatic heterocycles. The maximum absolute atomic E-state index is 12.8. The van der Waals surface area contributed by atoms with Crippen LogP contribution in [0.1, 0.15) is 50.5 Å². The Morgan fingerprint density at radius 2 is 1.80 bits per heavy atom. The first-order chi connectivity index (χ1) is 14.3. The first-order valence-corrected chi connectivity index (χ1v) is 14.1. The Hall–Kier alpha value is -0.470. The van der Waals surface area contributed by atoms with Crippen LogP contribution in [0.25, 0.3) is 0 Å².